The number of nitrogens with one attached hydrogen (secondary N) is 1. The predicted molar refractivity (Wildman–Crippen MR) is 115 cm³/mol. The van der Waals surface area contributed by atoms with Crippen LogP contribution in [0.5, 0.6) is 5.75 Å². The van der Waals surface area contributed by atoms with Gasteiger partial charge in [0, 0.05) is 23.2 Å². The molecule has 0 saturated heterocycles. The Bertz CT molecular complexity index is 881. The number of amides is 2. The number of urea groups is 1. The summed E-state index contributed by atoms with van der Waals surface area (Å²) in [6.07, 6.45) is 0. The summed E-state index contributed by atoms with van der Waals surface area (Å²) in [5.74, 6) is 0.473. The van der Waals surface area contributed by atoms with Crippen LogP contribution in [-0.2, 0) is 16.7 Å². The Labute approximate surface area is 175 Å². The number of anilines is 1. The summed E-state index contributed by atoms with van der Waals surface area (Å²) in [4.78, 5) is 14.5. The zero-order valence-corrected chi connectivity index (χ0v) is 18.6. The van der Waals surface area contributed by atoms with Crippen molar-refractivity contribution in [1.82, 2.24) is 4.90 Å². The smallest absolute Gasteiger partial charge is 0.322 e. The van der Waals surface area contributed by atoms with Gasteiger partial charge in [0.05, 0.1) is 5.75 Å². The van der Waals surface area contributed by atoms with E-state index >= 15 is 0 Å². The second-order valence-electron chi connectivity index (χ2n) is 6.79. The Kier molecular flexibility index (Phi) is 7.88. The molecule has 0 aliphatic heterocycles. The molecule has 0 aliphatic carbocycles. The minimum atomic E-state index is -3.55. The average molecular weight is 469 g/mol. The van der Waals surface area contributed by atoms with E-state index < -0.39 is 10.1 Å². The molecule has 0 aromatic heterocycles. The zero-order chi connectivity index (χ0) is 20.7. The maximum atomic E-state index is 12.7. The molecule has 0 atom stereocenters. The molecular weight excluding hydrogens is 444 g/mol. The number of nitrogens with zero attached hydrogens (tertiary/aromatic N) is 1. The highest BCUT2D eigenvalue weighted by Gasteiger charge is 2.16. The second kappa shape index (κ2) is 9.93. The van der Waals surface area contributed by atoms with Crippen molar-refractivity contribution in [2.45, 2.75) is 27.3 Å². The summed E-state index contributed by atoms with van der Waals surface area (Å²) >= 11 is 3.38. The maximum Gasteiger partial charge on any atom is 0.322 e. The Morgan fingerprint density at radius 3 is 2.25 bits per heavy atom. The summed E-state index contributed by atoms with van der Waals surface area (Å²) in [5, 5.41) is 2.91. The number of hydrogen-bond donors (Lipinski definition) is 1. The molecule has 8 heteroatoms. The first-order valence-corrected chi connectivity index (χ1v) is 11.4. The second-order valence-corrected chi connectivity index (χ2v) is 9.56. The van der Waals surface area contributed by atoms with Crippen molar-refractivity contribution in [3.8, 4) is 5.75 Å². The van der Waals surface area contributed by atoms with Crippen LogP contribution < -0.4 is 9.50 Å². The molecule has 28 heavy (non-hydrogen) atoms. The average Bonchev–Trinajstić information content (AvgIpc) is 2.64. The third kappa shape index (κ3) is 7.16. The van der Waals surface area contributed by atoms with Gasteiger partial charge in [0.2, 0.25) is 0 Å². The molecular formula is C20H25BrN2O4S. The first-order valence-electron chi connectivity index (χ1n) is 9.01. The van der Waals surface area contributed by atoms with Crippen LogP contribution in [-0.4, -0.2) is 31.6 Å². The molecule has 0 heterocycles. The Hall–Kier alpha value is -2.06. The van der Waals surface area contributed by atoms with Gasteiger partial charge in [-0.3, -0.25) is 0 Å². The minimum absolute atomic E-state index is 0.0901. The molecule has 2 rings (SSSR count). The van der Waals surface area contributed by atoms with Crippen LogP contribution in [0, 0.1) is 5.92 Å². The van der Waals surface area contributed by atoms with Gasteiger partial charge in [-0.15, -0.1) is 0 Å². The molecule has 0 spiro atoms. The first kappa shape index (κ1) is 22.2. The number of carbonyl (C=O) groups excluding carboxylic acids is 1. The zero-order valence-electron chi connectivity index (χ0n) is 16.2. The molecule has 0 fully saturated rings. The van der Waals surface area contributed by atoms with E-state index in [4.69, 9.17) is 4.18 Å². The van der Waals surface area contributed by atoms with Gasteiger partial charge in [0.1, 0.15) is 5.75 Å². The van der Waals surface area contributed by atoms with Crippen LogP contribution in [0.25, 0.3) is 0 Å². The normalized spacial score (nSPS) is 11.3. The fourth-order valence-electron chi connectivity index (χ4n) is 2.47. The van der Waals surface area contributed by atoms with Crippen LogP contribution >= 0.6 is 15.9 Å². The monoisotopic (exact) mass is 468 g/mol. The van der Waals surface area contributed by atoms with Crippen LogP contribution in [0.3, 0.4) is 0 Å². The van der Waals surface area contributed by atoms with Crippen LogP contribution in [0.4, 0.5) is 10.5 Å². The fraction of sp³-hybridized carbons (Fsp3) is 0.350. The van der Waals surface area contributed by atoms with Crippen molar-refractivity contribution in [1.29, 1.82) is 0 Å². The van der Waals surface area contributed by atoms with Gasteiger partial charge in [-0.05, 0) is 54.8 Å². The predicted octanol–water partition coefficient (Wildman–Crippen LogP) is 4.87. The van der Waals surface area contributed by atoms with E-state index in [1.807, 2.05) is 38.1 Å². The topological polar surface area (TPSA) is 75.7 Å². The van der Waals surface area contributed by atoms with Crippen molar-refractivity contribution in [3.63, 3.8) is 0 Å². The third-order valence-electron chi connectivity index (χ3n) is 3.84. The maximum absolute atomic E-state index is 12.7. The van der Waals surface area contributed by atoms with Crippen LogP contribution in [0.2, 0.25) is 0 Å². The van der Waals surface area contributed by atoms with E-state index in [9.17, 15) is 13.2 Å². The van der Waals surface area contributed by atoms with Gasteiger partial charge in [-0.2, -0.15) is 8.42 Å². The van der Waals surface area contributed by atoms with Crippen molar-refractivity contribution in [2.24, 2.45) is 5.92 Å². The SMILES string of the molecule is CCS(=O)(=O)Oc1ccc(CN(CC(C)C)C(=O)Nc2ccc(Br)cc2)cc1. The largest absolute Gasteiger partial charge is 0.382 e. The molecule has 2 aromatic rings. The van der Waals surface area contributed by atoms with Crippen molar-refractivity contribution < 1.29 is 17.4 Å². The van der Waals surface area contributed by atoms with Gasteiger partial charge < -0.3 is 14.4 Å². The molecule has 2 amide bonds. The van der Waals surface area contributed by atoms with E-state index in [1.165, 1.54) is 6.92 Å². The third-order valence-corrected chi connectivity index (χ3v) is 5.52. The van der Waals surface area contributed by atoms with Gasteiger partial charge >= 0.3 is 16.1 Å². The fourth-order valence-corrected chi connectivity index (χ4v) is 3.26. The number of rotatable bonds is 8. The van der Waals surface area contributed by atoms with Crippen LogP contribution in [0.1, 0.15) is 26.3 Å². The molecule has 152 valence electrons. The molecule has 0 aliphatic rings. The first-order chi connectivity index (χ1) is 13.2. The molecule has 0 bridgehead atoms. The van der Waals surface area contributed by atoms with Gasteiger partial charge in [-0.1, -0.05) is 41.9 Å². The highest BCUT2D eigenvalue weighted by Crippen LogP contribution is 2.18. The lowest BCUT2D eigenvalue weighted by Gasteiger charge is -2.25. The number of hydrogen-bond acceptors (Lipinski definition) is 4. The summed E-state index contributed by atoms with van der Waals surface area (Å²) < 4.78 is 29.0. The van der Waals surface area contributed by atoms with Gasteiger partial charge in [0.25, 0.3) is 0 Å². The standard InChI is InChI=1S/C20H25BrN2O4S/c1-4-28(25,26)27-19-11-5-16(6-12-19)14-23(13-15(2)3)20(24)22-18-9-7-17(21)8-10-18/h5-12,15H,4,13-14H2,1-3H3,(H,22,24). The lowest BCUT2D eigenvalue weighted by atomic mass is 10.1. The molecule has 1 N–H and O–H groups in total. The molecule has 0 radical (unpaired) electrons. The van der Waals surface area contributed by atoms with Gasteiger partial charge in [0.15, 0.2) is 0 Å². The Morgan fingerprint density at radius 2 is 1.71 bits per heavy atom. The number of benzene rings is 2. The van der Waals surface area contributed by atoms with E-state index in [0.717, 1.165) is 15.7 Å². The number of halogens is 1. The quantitative estimate of drug-likeness (QED) is 0.560. The lowest BCUT2D eigenvalue weighted by Crippen LogP contribution is -2.37. The lowest BCUT2D eigenvalue weighted by molar-refractivity contribution is 0.201. The molecule has 0 unspecified atom stereocenters. The van der Waals surface area contributed by atoms with Crippen molar-refractivity contribution in [2.75, 3.05) is 17.6 Å². The Morgan fingerprint density at radius 1 is 1.11 bits per heavy atom. The van der Waals surface area contributed by atoms with E-state index in [2.05, 4.69) is 21.2 Å². The highest BCUT2D eigenvalue weighted by molar-refractivity contribution is 9.10. The summed E-state index contributed by atoms with van der Waals surface area (Å²) in [7, 11) is -3.55. The highest BCUT2D eigenvalue weighted by atomic mass is 79.9. The van der Waals surface area contributed by atoms with E-state index in [1.54, 1.807) is 29.2 Å². The summed E-state index contributed by atoms with van der Waals surface area (Å²) in [6, 6.07) is 13.9. The minimum Gasteiger partial charge on any atom is -0.382 e. The van der Waals surface area contributed by atoms with Crippen LogP contribution in [0.15, 0.2) is 53.0 Å². The van der Waals surface area contributed by atoms with E-state index in [-0.39, 0.29) is 17.5 Å². The van der Waals surface area contributed by atoms with Crippen molar-refractivity contribution in [3.05, 3.63) is 58.6 Å². The molecule has 2 aromatic carbocycles. The van der Waals surface area contributed by atoms with Gasteiger partial charge in [-0.25, -0.2) is 4.79 Å². The van der Waals surface area contributed by atoms with Crippen molar-refractivity contribution >= 4 is 37.8 Å². The Balaban J connectivity index is 2.08. The number of carbonyl (C=O) groups is 1. The van der Waals surface area contributed by atoms with E-state index in [0.29, 0.717) is 19.0 Å². The molecule has 0 saturated carbocycles. The summed E-state index contributed by atoms with van der Waals surface area (Å²) in [6.45, 7) is 6.61. The molecule has 6 nitrogen and oxygen atoms in total. The summed E-state index contributed by atoms with van der Waals surface area (Å²) in [5.41, 5.74) is 1.60.